The molecular weight excluding hydrogens is 593 g/mol. The first-order chi connectivity index (χ1) is 21.4. The van der Waals surface area contributed by atoms with Gasteiger partial charge in [0, 0.05) is 50.9 Å². The van der Waals surface area contributed by atoms with E-state index in [1.54, 1.807) is 22.9 Å². The van der Waals surface area contributed by atoms with Crippen LogP contribution in [0.4, 0.5) is 10.2 Å². The van der Waals surface area contributed by atoms with Gasteiger partial charge < -0.3 is 20.5 Å². The molecule has 1 aliphatic rings. The van der Waals surface area contributed by atoms with Gasteiger partial charge in [0.05, 0.1) is 5.69 Å². The Morgan fingerprint density at radius 2 is 1.87 bits per heavy atom. The highest BCUT2D eigenvalue weighted by molar-refractivity contribution is 6.76. The van der Waals surface area contributed by atoms with Crippen molar-refractivity contribution in [1.82, 2.24) is 29.9 Å². The van der Waals surface area contributed by atoms with Crippen LogP contribution in [0, 0.1) is 31.6 Å². The van der Waals surface area contributed by atoms with Crippen LogP contribution in [0.15, 0.2) is 24.4 Å². The number of carbonyl (C=O) groups is 2. The lowest BCUT2D eigenvalue weighted by Gasteiger charge is -2.32. The average molecular weight is 642 g/mol. The number of aromatic nitrogens is 5. The third-order valence-electron chi connectivity index (χ3n) is 8.54. The minimum absolute atomic E-state index is 0.0245. The quantitative estimate of drug-likeness (QED) is 0.126. The summed E-state index contributed by atoms with van der Waals surface area (Å²) in [6, 6.07) is 4.97. The molecule has 246 valence electrons. The zero-order chi connectivity index (χ0) is 32.7. The molecule has 3 heterocycles. The number of aliphatic hydroxyl groups is 1. The Bertz CT molecular complexity index is 1460. The van der Waals surface area contributed by atoms with E-state index in [4.69, 9.17) is 4.74 Å². The van der Waals surface area contributed by atoms with Crippen molar-refractivity contribution >= 4 is 25.7 Å². The molecule has 11 nitrogen and oxygen atoms in total. The van der Waals surface area contributed by atoms with E-state index in [2.05, 4.69) is 52.4 Å². The zero-order valence-electron chi connectivity index (χ0n) is 27.4. The number of ether oxygens (including phenoxy) is 1. The van der Waals surface area contributed by atoms with Crippen molar-refractivity contribution in [2.24, 2.45) is 11.8 Å². The summed E-state index contributed by atoms with van der Waals surface area (Å²) in [6.07, 6.45) is 5.45. The number of rotatable bonds is 14. The molecule has 0 aromatic carbocycles. The van der Waals surface area contributed by atoms with Crippen LogP contribution < -0.4 is 10.6 Å². The molecule has 3 aromatic heterocycles. The van der Waals surface area contributed by atoms with Crippen LogP contribution >= 0.6 is 0 Å². The van der Waals surface area contributed by atoms with Gasteiger partial charge in [-0.3, -0.25) is 14.3 Å². The fraction of sp³-hybridized carbons (Fsp3) is 0.594. The Balaban J connectivity index is 1.49. The SMILES string of the molecule is Cc1nn(COCC[Si](C)(C)C)c(C)c1-c1ccc(NC(=O)[C@@H](NC(=O)c2ccnn2CCCO)[C@H]2CC[C@H](C)CC2)nc1F. The molecule has 45 heavy (non-hydrogen) atoms. The van der Waals surface area contributed by atoms with E-state index in [-0.39, 0.29) is 25.1 Å². The smallest absolute Gasteiger partial charge is 0.270 e. The van der Waals surface area contributed by atoms with Crippen LogP contribution in [0.2, 0.25) is 25.7 Å². The maximum atomic E-state index is 15.5. The lowest BCUT2D eigenvalue weighted by Crippen LogP contribution is -2.49. The molecule has 13 heteroatoms. The van der Waals surface area contributed by atoms with Crippen molar-refractivity contribution in [3.8, 4) is 11.1 Å². The number of carbonyl (C=O) groups excluding carboxylic acids is 2. The molecule has 3 N–H and O–H groups in total. The summed E-state index contributed by atoms with van der Waals surface area (Å²) in [5.74, 6) is -1.05. The predicted molar refractivity (Wildman–Crippen MR) is 174 cm³/mol. The van der Waals surface area contributed by atoms with Crippen LogP contribution in [0.5, 0.6) is 0 Å². The number of aliphatic hydroxyl groups excluding tert-OH is 1. The van der Waals surface area contributed by atoms with Crippen molar-refractivity contribution in [2.75, 3.05) is 18.5 Å². The predicted octanol–water partition coefficient (Wildman–Crippen LogP) is 5.16. The fourth-order valence-electron chi connectivity index (χ4n) is 5.79. The van der Waals surface area contributed by atoms with Crippen LogP contribution in [0.25, 0.3) is 11.1 Å². The molecule has 3 aromatic rings. The van der Waals surface area contributed by atoms with E-state index >= 15 is 4.39 Å². The molecular formula is C32H48FN7O4Si. The Labute approximate surface area is 266 Å². The maximum absolute atomic E-state index is 15.5. The summed E-state index contributed by atoms with van der Waals surface area (Å²) < 4.78 is 24.6. The molecule has 0 spiro atoms. The first-order valence-corrected chi connectivity index (χ1v) is 19.6. The molecule has 0 bridgehead atoms. The first-order valence-electron chi connectivity index (χ1n) is 15.9. The summed E-state index contributed by atoms with van der Waals surface area (Å²) in [7, 11) is -1.21. The van der Waals surface area contributed by atoms with Gasteiger partial charge in [0.15, 0.2) is 0 Å². The molecule has 1 saturated carbocycles. The Morgan fingerprint density at radius 3 is 2.53 bits per heavy atom. The van der Waals surface area contributed by atoms with Gasteiger partial charge in [-0.05, 0) is 69.2 Å². The number of nitrogens with zero attached hydrogens (tertiary/aromatic N) is 5. The summed E-state index contributed by atoms with van der Waals surface area (Å²) in [5, 5.41) is 23.6. The second kappa shape index (κ2) is 15.2. The van der Waals surface area contributed by atoms with Gasteiger partial charge in [0.25, 0.3) is 5.91 Å². The highest BCUT2D eigenvalue weighted by Gasteiger charge is 2.33. The van der Waals surface area contributed by atoms with Crippen molar-refractivity contribution in [2.45, 2.75) is 97.9 Å². The fourth-order valence-corrected chi connectivity index (χ4v) is 6.55. The minimum atomic E-state index is -1.21. The number of amides is 2. The van der Waals surface area contributed by atoms with E-state index in [1.807, 2.05) is 13.8 Å². The third kappa shape index (κ3) is 9.07. The minimum Gasteiger partial charge on any atom is -0.396 e. The normalized spacial score (nSPS) is 17.7. The van der Waals surface area contributed by atoms with Crippen molar-refractivity contribution in [3.05, 3.63) is 47.4 Å². The van der Waals surface area contributed by atoms with Gasteiger partial charge in [-0.1, -0.05) is 39.4 Å². The van der Waals surface area contributed by atoms with Crippen LogP contribution in [0.3, 0.4) is 0 Å². The number of aryl methyl sites for hydroxylation is 2. The molecule has 0 aliphatic heterocycles. The summed E-state index contributed by atoms with van der Waals surface area (Å²) in [6.45, 7) is 14.1. The van der Waals surface area contributed by atoms with Gasteiger partial charge in [-0.15, -0.1) is 0 Å². The van der Waals surface area contributed by atoms with E-state index in [0.717, 1.165) is 37.4 Å². The van der Waals surface area contributed by atoms with Gasteiger partial charge in [0.1, 0.15) is 24.3 Å². The standard InChI is InChI=1S/C32H48FN7O4Si/c1-21-8-10-24(11-9-21)29(37-31(42)26-14-15-34-39(26)16-7-17-41)32(43)36-27-13-12-25(30(33)35-27)28-22(2)38-40(23(28)3)20-44-18-19-45(4,5)6/h12-15,21,24,29,41H,7-11,16-20H2,1-6H3,(H,37,42)(H,35,36,43)/t21-,24-,29-/m0/s1. The second-order valence-corrected chi connectivity index (χ2v) is 19.0. The number of hydrogen-bond acceptors (Lipinski definition) is 7. The van der Waals surface area contributed by atoms with Crippen LogP contribution in [-0.4, -0.2) is 68.8 Å². The number of hydrogen-bond donors (Lipinski definition) is 3. The van der Waals surface area contributed by atoms with E-state index in [9.17, 15) is 14.7 Å². The number of nitrogens with one attached hydrogen (secondary N) is 2. The summed E-state index contributed by atoms with van der Waals surface area (Å²) in [5.41, 5.74) is 2.67. The largest absolute Gasteiger partial charge is 0.396 e. The third-order valence-corrected chi connectivity index (χ3v) is 10.2. The second-order valence-electron chi connectivity index (χ2n) is 13.4. The van der Waals surface area contributed by atoms with Gasteiger partial charge >= 0.3 is 0 Å². The zero-order valence-corrected chi connectivity index (χ0v) is 28.4. The van der Waals surface area contributed by atoms with Crippen LogP contribution in [0.1, 0.15) is 60.9 Å². The number of halogens is 1. The van der Waals surface area contributed by atoms with Gasteiger partial charge in [-0.2, -0.15) is 14.6 Å². The Morgan fingerprint density at radius 1 is 1.13 bits per heavy atom. The molecule has 0 saturated heterocycles. The highest BCUT2D eigenvalue weighted by atomic mass is 28.3. The van der Waals surface area contributed by atoms with Crippen molar-refractivity contribution < 1.29 is 23.8 Å². The Kier molecular flexibility index (Phi) is 11.7. The first kappa shape index (κ1) is 34.5. The molecule has 4 rings (SSSR count). The van der Waals surface area contributed by atoms with Gasteiger partial charge in [0.2, 0.25) is 11.9 Å². The molecule has 1 atom stereocenters. The summed E-state index contributed by atoms with van der Waals surface area (Å²) in [4.78, 5) is 31.0. The lowest BCUT2D eigenvalue weighted by molar-refractivity contribution is -0.119. The van der Waals surface area contributed by atoms with Crippen LogP contribution in [-0.2, 0) is 22.8 Å². The highest BCUT2D eigenvalue weighted by Crippen LogP contribution is 2.32. The van der Waals surface area contributed by atoms with Gasteiger partial charge in [-0.25, -0.2) is 9.67 Å². The molecule has 2 amide bonds. The number of pyridine rings is 1. The topological polar surface area (TPSA) is 136 Å². The lowest BCUT2D eigenvalue weighted by atomic mass is 9.79. The monoisotopic (exact) mass is 641 g/mol. The van der Waals surface area contributed by atoms with E-state index in [1.165, 1.54) is 10.9 Å². The maximum Gasteiger partial charge on any atom is 0.270 e. The van der Waals surface area contributed by atoms with Crippen molar-refractivity contribution in [1.29, 1.82) is 0 Å². The molecule has 0 unspecified atom stereocenters. The molecule has 0 radical (unpaired) electrons. The Hall–Kier alpha value is -3.42. The van der Waals surface area contributed by atoms with Crippen molar-refractivity contribution in [3.63, 3.8) is 0 Å². The number of anilines is 1. The average Bonchev–Trinajstić information content (AvgIpc) is 3.56. The molecule has 1 fully saturated rings. The summed E-state index contributed by atoms with van der Waals surface area (Å²) >= 11 is 0. The van der Waals surface area contributed by atoms with E-state index < -0.39 is 31.9 Å². The molecule has 1 aliphatic carbocycles. The van der Waals surface area contributed by atoms with E-state index in [0.29, 0.717) is 48.0 Å².